The van der Waals surface area contributed by atoms with Crippen molar-refractivity contribution in [1.82, 2.24) is 10.6 Å². The Balaban J connectivity index is 1.43. The highest BCUT2D eigenvalue weighted by Crippen LogP contribution is 2.49. The summed E-state index contributed by atoms with van der Waals surface area (Å²) in [5.41, 5.74) is 7.30. The molecule has 0 aromatic heterocycles. The number of alkyl halides is 3. The van der Waals surface area contributed by atoms with Gasteiger partial charge in [-0.25, -0.2) is 0 Å². The molecule has 8 nitrogen and oxygen atoms in total. The SMILES string of the molecule is CCN(c1cc(-c2ccc3c(c2)N(C(=O)C(F)(F)F)CC32CCOCC2)cc(C(=O)NCC2=C(C)C=C(C)NC2C)c1C)C1CCOCC1. The zero-order valence-corrected chi connectivity index (χ0v) is 29.1. The lowest BCUT2D eigenvalue weighted by molar-refractivity contribution is -0.170. The summed E-state index contributed by atoms with van der Waals surface area (Å²) in [6.07, 6.45) is -0.159. The highest BCUT2D eigenvalue weighted by Gasteiger charge is 2.52. The molecule has 2 saturated heterocycles. The fourth-order valence-corrected chi connectivity index (χ4v) is 8.19. The second kappa shape index (κ2) is 13.8. The predicted octanol–water partition coefficient (Wildman–Crippen LogP) is 6.57. The Morgan fingerprint density at radius 1 is 1.02 bits per heavy atom. The fraction of sp³-hybridized carbons (Fsp3) is 0.526. The number of rotatable bonds is 7. The van der Waals surface area contributed by atoms with Crippen molar-refractivity contribution in [3.63, 3.8) is 0 Å². The molecule has 0 aliphatic carbocycles. The van der Waals surface area contributed by atoms with Gasteiger partial charge in [0.25, 0.3) is 5.91 Å². The van der Waals surface area contributed by atoms with Gasteiger partial charge in [0.05, 0.1) is 0 Å². The molecule has 2 aromatic carbocycles. The van der Waals surface area contributed by atoms with Crippen LogP contribution in [0.5, 0.6) is 0 Å². The normalized spacial score (nSPS) is 20.9. The van der Waals surface area contributed by atoms with E-state index in [0.717, 1.165) is 51.4 Å². The predicted molar refractivity (Wildman–Crippen MR) is 185 cm³/mol. The summed E-state index contributed by atoms with van der Waals surface area (Å²) >= 11 is 0. The monoisotopic (exact) mass is 680 g/mol. The second-order valence-electron chi connectivity index (χ2n) is 13.9. The number of hydrogen-bond acceptors (Lipinski definition) is 6. The van der Waals surface area contributed by atoms with E-state index in [1.165, 1.54) is 0 Å². The van der Waals surface area contributed by atoms with Gasteiger partial charge in [-0.2, -0.15) is 13.2 Å². The second-order valence-corrected chi connectivity index (χ2v) is 13.9. The number of carbonyl (C=O) groups is 2. The molecule has 4 heterocycles. The Morgan fingerprint density at radius 3 is 2.37 bits per heavy atom. The lowest BCUT2D eigenvalue weighted by atomic mass is 9.75. The maximum absolute atomic E-state index is 14.1. The minimum Gasteiger partial charge on any atom is -0.382 e. The summed E-state index contributed by atoms with van der Waals surface area (Å²) in [7, 11) is 0. The Labute approximate surface area is 286 Å². The summed E-state index contributed by atoms with van der Waals surface area (Å²) in [5, 5.41) is 6.58. The van der Waals surface area contributed by atoms with Crippen molar-refractivity contribution in [2.75, 3.05) is 55.9 Å². The number of nitrogens with zero attached hydrogens (tertiary/aromatic N) is 2. The summed E-state index contributed by atoms with van der Waals surface area (Å²) in [5.74, 6) is -2.09. The van der Waals surface area contributed by atoms with E-state index in [1.54, 1.807) is 6.07 Å². The summed E-state index contributed by atoms with van der Waals surface area (Å²) < 4.78 is 52.9. The van der Waals surface area contributed by atoms with Crippen molar-refractivity contribution in [1.29, 1.82) is 0 Å². The van der Waals surface area contributed by atoms with E-state index in [0.29, 0.717) is 69.0 Å². The summed E-state index contributed by atoms with van der Waals surface area (Å²) in [4.78, 5) is 30.1. The van der Waals surface area contributed by atoms with Crippen molar-refractivity contribution >= 4 is 23.2 Å². The zero-order valence-electron chi connectivity index (χ0n) is 29.1. The molecule has 49 heavy (non-hydrogen) atoms. The topological polar surface area (TPSA) is 83.1 Å². The zero-order chi connectivity index (χ0) is 35.1. The first kappa shape index (κ1) is 35.0. The summed E-state index contributed by atoms with van der Waals surface area (Å²) in [6.45, 7) is 13.4. The number of amides is 2. The van der Waals surface area contributed by atoms with Gasteiger partial charge in [0.1, 0.15) is 0 Å². The van der Waals surface area contributed by atoms with Gasteiger partial charge in [0.2, 0.25) is 0 Å². The van der Waals surface area contributed by atoms with Gasteiger partial charge in [0.15, 0.2) is 0 Å². The van der Waals surface area contributed by atoms with Crippen LogP contribution in [-0.2, 0) is 19.7 Å². The number of dihydropyridines is 1. The van der Waals surface area contributed by atoms with Crippen LogP contribution < -0.4 is 20.4 Å². The van der Waals surface area contributed by atoms with Crippen molar-refractivity contribution < 1.29 is 32.2 Å². The molecule has 2 aromatic rings. The number of benzene rings is 2. The number of nitrogens with one attached hydrogen (secondary N) is 2. The highest BCUT2D eigenvalue weighted by atomic mass is 19.4. The van der Waals surface area contributed by atoms with E-state index < -0.39 is 17.5 Å². The third kappa shape index (κ3) is 6.84. The molecule has 4 aliphatic rings. The average molecular weight is 681 g/mol. The molecule has 0 radical (unpaired) electrons. The van der Waals surface area contributed by atoms with Gasteiger partial charge in [0, 0.05) is 86.2 Å². The molecule has 264 valence electrons. The number of anilines is 2. The number of hydrogen-bond donors (Lipinski definition) is 2. The largest absolute Gasteiger partial charge is 0.471 e. The molecule has 4 aliphatic heterocycles. The third-order valence-electron chi connectivity index (χ3n) is 10.8. The first-order valence-electron chi connectivity index (χ1n) is 17.4. The first-order valence-corrected chi connectivity index (χ1v) is 17.4. The lowest BCUT2D eigenvalue weighted by Crippen LogP contribution is -2.45. The number of halogens is 3. The van der Waals surface area contributed by atoms with E-state index in [1.807, 2.05) is 45.0 Å². The summed E-state index contributed by atoms with van der Waals surface area (Å²) in [6, 6.07) is 9.64. The number of fused-ring (bicyclic) bond motifs is 2. The molecule has 0 saturated carbocycles. The van der Waals surface area contributed by atoms with Crippen LogP contribution in [0.1, 0.15) is 74.9 Å². The van der Waals surface area contributed by atoms with Crippen molar-refractivity contribution in [3.8, 4) is 11.1 Å². The molecule has 0 bridgehead atoms. The molecular weight excluding hydrogens is 633 g/mol. The Morgan fingerprint density at radius 2 is 1.71 bits per heavy atom. The van der Waals surface area contributed by atoms with Crippen LogP contribution in [0.25, 0.3) is 11.1 Å². The molecule has 11 heteroatoms. The maximum atomic E-state index is 14.1. The number of allylic oxidation sites excluding steroid dienone is 3. The quantitative estimate of drug-likeness (QED) is 0.345. The minimum absolute atomic E-state index is 0.0368. The molecule has 1 unspecified atom stereocenters. The van der Waals surface area contributed by atoms with Gasteiger partial charge < -0.3 is 29.9 Å². The van der Waals surface area contributed by atoms with Gasteiger partial charge in [-0.05, 0) is 118 Å². The average Bonchev–Trinajstić information content (AvgIpc) is 3.37. The Kier molecular flexibility index (Phi) is 9.88. The smallest absolute Gasteiger partial charge is 0.382 e. The van der Waals surface area contributed by atoms with E-state index in [9.17, 15) is 22.8 Å². The third-order valence-corrected chi connectivity index (χ3v) is 10.8. The van der Waals surface area contributed by atoms with E-state index >= 15 is 0 Å². The molecule has 2 amide bonds. The van der Waals surface area contributed by atoms with Crippen LogP contribution in [0.4, 0.5) is 24.5 Å². The molecule has 1 atom stereocenters. The van der Waals surface area contributed by atoms with Crippen LogP contribution in [0.3, 0.4) is 0 Å². The van der Waals surface area contributed by atoms with Gasteiger partial charge in [-0.1, -0.05) is 12.1 Å². The fourth-order valence-electron chi connectivity index (χ4n) is 8.19. The molecule has 6 rings (SSSR count). The lowest BCUT2D eigenvalue weighted by Gasteiger charge is -2.37. The van der Waals surface area contributed by atoms with Crippen LogP contribution in [0.15, 0.2) is 53.3 Å². The van der Waals surface area contributed by atoms with Crippen molar-refractivity contribution in [3.05, 3.63) is 69.9 Å². The first-order chi connectivity index (χ1) is 23.3. The highest BCUT2D eigenvalue weighted by molar-refractivity contribution is 6.02. The number of carbonyl (C=O) groups excluding carboxylic acids is 2. The van der Waals surface area contributed by atoms with Crippen LogP contribution in [0, 0.1) is 6.92 Å². The maximum Gasteiger partial charge on any atom is 0.471 e. The van der Waals surface area contributed by atoms with Gasteiger partial charge in [-0.15, -0.1) is 0 Å². The molecule has 2 fully saturated rings. The van der Waals surface area contributed by atoms with Crippen molar-refractivity contribution in [2.45, 2.75) is 84.0 Å². The van der Waals surface area contributed by atoms with Crippen LogP contribution in [0.2, 0.25) is 0 Å². The Bertz CT molecular complexity index is 1670. The van der Waals surface area contributed by atoms with Gasteiger partial charge >= 0.3 is 12.1 Å². The Hall–Kier alpha value is -3.83. The number of ether oxygens (including phenoxy) is 2. The molecule has 2 N–H and O–H groups in total. The van der Waals surface area contributed by atoms with Crippen LogP contribution >= 0.6 is 0 Å². The van der Waals surface area contributed by atoms with E-state index in [-0.39, 0.29) is 30.2 Å². The minimum atomic E-state index is -5.01. The van der Waals surface area contributed by atoms with E-state index in [2.05, 4.69) is 35.5 Å². The van der Waals surface area contributed by atoms with Crippen molar-refractivity contribution in [2.24, 2.45) is 0 Å². The van der Waals surface area contributed by atoms with Crippen LogP contribution in [-0.4, -0.2) is 76.1 Å². The standard InChI is InChI=1S/C38H47F3N4O4/c1-6-44(29-9-13-48-14-10-29)33-20-28(18-30(25(33)4)35(46)42-21-31-23(2)17-24(3)43-26(31)5)27-7-8-32-34(19-27)45(36(47)38(39,40)41)22-37(32)11-15-49-16-12-37/h7-8,17-20,26,29,43H,6,9-16,21-22H2,1-5H3,(H,42,46). The molecular formula is C38H47F3N4O4. The van der Waals surface area contributed by atoms with Gasteiger partial charge in [-0.3, -0.25) is 9.59 Å². The van der Waals surface area contributed by atoms with E-state index in [4.69, 9.17) is 9.47 Å². The molecule has 1 spiro atoms.